The maximum absolute atomic E-state index is 3.94. The third kappa shape index (κ3) is 4.76. The molecule has 0 atom stereocenters. The summed E-state index contributed by atoms with van der Waals surface area (Å²) in [6.07, 6.45) is 3.56. The monoisotopic (exact) mass is 123 g/mol. The van der Waals surface area contributed by atoms with Gasteiger partial charge in [-0.25, -0.2) is 0 Å². The van der Waals surface area contributed by atoms with Crippen LogP contribution in [0.5, 0.6) is 0 Å². The van der Waals surface area contributed by atoms with Gasteiger partial charge >= 0.3 is 5.84 Å². The van der Waals surface area contributed by atoms with Gasteiger partial charge in [-0.05, 0) is 18.0 Å². The van der Waals surface area contributed by atoms with Crippen molar-refractivity contribution >= 4 is 5.84 Å². The molecule has 0 saturated heterocycles. The van der Waals surface area contributed by atoms with Crippen molar-refractivity contribution in [2.45, 2.75) is 20.8 Å². The minimum atomic E-state index is 0.732. The minimum absolute atomic E-state index is 0.732. The van der Waals surface area contributed by atoms with E-state index >= 15 is 0 Å². The second-order valence-corrected chi connectivity index (χ2v) is 1.49. The zero-order valence-electron chi connectivity index (χ0n) is 6.05. The van der Waals surface area contributed by atoms with Crippen molar-refractivity contribution in [2.24, 2.45) is 4.99 Å². The van der Waals surface area contributed by atoms with E-state index in [4.69, 9.17) is 0 Å². The maximum atomic E-state index is 3.94. The van der Waals surface area contributed by atoms with Crippen molar-refractivity contribution < 1.29 is 0 Å². The smallest absolute Gasteiger partial charge is 0.160 e. The third-order valence-electron chi connectivity index (χ3n) is 0.684. The molecular formula is C7H11N2+. The van der Waals surface area contributed by atoms with Gasteiger partial charge in [-0.1, -0.05) is 0 Å². The van der Waals surface area contributed by atoms with Crippen LogP contribution in [0.4, 0.5) is 0 Å². The van der Waals surface area contributed by atoms with Gasteiger partial charge in [-0.3, -0.25) is 0 Å². The Kier molecular flexibility index (Phi) is 4.43. The lowest BCUT2D eigenvalue weighted by molar-refractivity contribution is 1.50. The van der Waals surface area contributed by atoms with Crippen molar-refractivity contribution in [3.8, 4) is 6.07 Å². The first kappa shape index (κ1) is 7.90. The van der Waals surface area contributed by atoms with Gasteiger partial charge in [0, 0.05) is 6.92 Å². The van der Waals surface area contributed by atoms with E-state index in [1.807, 2.05) is 19.9 Å². The molecule has 48 valence electrons. The van der Waals surface area contributed by atoms with Crippen LogP contribution in [0.3, 0.4) is 0 Å². The average Bonchev–Trinajstić information content (AvgIpc) is 1.85. The molecule has 0 aromatic carbocycles. The second-order valence-electron chi connectivity index (χ2n) is 1.49. The summed E-state index contributed by atoms with van der Waals surface area (Å²) in [6.45, 7) is 5.49. The van der Waals surface area contributed by atoms with E-state index in [0.717, 1.165) is 5.84 Å². The molecule has 0 aliphatic heterocycles. The second kappa shape index (κ2) is 5.04. The van der Waals surface area contributed by atoms with E-state index in [9.17, 15) is 0 Å². The SMILES string of the molecule is CC#[N+]C(C)=N/C=C\C. The van der Waals surface area contributed by atoms with Crippen LogP contribution in [-0.4, -0.2) is 5.84 Å². The predicted octanol–water partition coefficient (Wildman–Crippen LogP) is 2.29. The van der Waals surface area contributed by atoms with Crippen molar-refractivity contribution in [2.75, 3.05) is 0 Å². The first-order valence-corrected chi connectivity index (χ1v) is 2.84. The Morgan fingerprint density at radius 1 is 1.67 bits per heavy atom. The summed E-state index contributed by atoms with van der Waals surface area (Å²) in [4.78, 5) is 7.75. The highest BCUT2D eigenvalue weighted by molar-refractivity contribution is 5.90. The quantitative estimate of drug-likeness (QED) is 0.376. The van der Waals surface area contributed by atoms with Crippen LogP contribution >= 0.6 is 0 Å². The number of nitrogens with zero attached hydrogens (tertiary/aromatic N) is 2. The van der Waals surface area contributed by atoms with Crippen LogP contribution < -0.4 is 0 Å². The first-order valence-electron chi connectivity index (χ1n) is 2.84. The van der Waals surface area contributed by atoms with E-state index in [0.29, 0.717) is 0 Å². The molecule has 0 heterocycles. The standard InChI is InChI=1S/C7H11N2/c1-4-6-9-7(3)8-5-2/h4,6H,1-3H3/q+1/b6-4-,9-7?. The number of hydrogen-bond donors (Lipinski definition) is 0. The summed E-state index contributed by atoms with van der Waals surface area (Å²) in [7, 11) is 0. The summed E-state index contributed by atoms with van der Waals surface area (Å²) in [5.74, 6) is 0.732. The number of amidine groups is 1. The number of aliphatic imine (C=N–C) groups is 1. The van der Waals surface area contributed by atoms with Crippen LogP contribution in [0.25, 0.3) is 4.85 Å². The van der Waals surface area contributed by atoms with Crippen molar-refractivity contribution in [3.05, 3.63) is 17.1 Å². The maximum Gasteiger partial charge on any atom is 0.397 e. The number of hydrogen-bond acceptors (Lipinski definition) is 1. The molecule has 0 saturated carbocycles. The van der Waals surface area contributed by atoms with E-state index in [-0.39, 0.29) is 0 Å². The summed E-state index contributed by atoms with van der Waals surface area (Å²) in [5.41, 5.74) is 0. The molecule has 0 radical (unpaired) electrons. The predicted molar refractivity (Wildman–Crippen MR) is 40.8 cm³/mol. The average molecular weight is 123 g/mol. The Labute approximate surface area is 55.7 Å². The molecule has 0 unspecified atom stereocenters. The molecule has 0 N–H and O–H groups in total. The normalized spacial score (nSPS) is 11.2. The van der Waals surface area contributed by atoms with Crippen LogP contribution in [0.15, 0.2) is 17.3 Å². The molecule has 0 rings (SSSR count). The van der Waals surface area contributed by atoms with E-state index in [1.165, 1.54) is 0 Å². The topological polar surface area (TPSA) is 16.7 Å². The summed E-state index contributed by atoms with van der Waals surface area (Å²) >= 11 is 0. The molecule has 9 heavy (non-hydrogen) atoms. The lowest BCUT2D eigenvalue weighted by Crippen LogP contribution is -1.75. The lowest BCUT2D eigenvalue weighted by atomic mass is 10.6. The molecule has 0 aliphatic carbocycles. The lowest BCUT2D eigenvalue weighted by Gasteiger charge is -1.64. The molecule has 0 fully saturated rings. The molecule has 2 nitrogen and oxygen atoms in total. The summed E-state index contributed by atoms with van der Waals surface area (Å²) in [5, 5.41) is 0. The Hall–Kier alpha value is -1.10. The van der Waals surface area contributed by atoms with Gasteiger partial charge in [-0.2, -0.15) is 4.85 Å². The Morgan fingerprint density at radius 3 is 2.78 bits per heavy atom. The van der Waals surface area contributed by atoms with Crippen LogP contribution in [0.1, 0.15) is 20.8 Å². The van der Waals surface area contributed by atoms with Crippen molar-refractivity contribution in [3.63, 3.8) is 0 Å². The van der Waals surface area contributed by atoms with Gasteiger partial charge in [0.2, 0.25) is 0 Å². The number of rotatable bonds is 1. The Bertz CT molecular complexity index is 179. The fraction of sp³-hybridized carbons (Fsp3) is 0.429. The van der Waals surface area contributed by atoms with Gasteiger partial charge in [0.25, 0.3) is 0 Å². The van der Waals surface area contributed by atoms with Gasteiger partial charge in [0.1, 0.15) is 6.20 Å². The third-order valence-corrected chi connectivity index (χ3v) is 0.684. The minimum Gasteiger partial charge on any atom is -0.160 e. The zero-order valence-corrected chi connectivity index (χ0v) is 6.05. The van der Waals surface area contributed by atoms with Crippen LogP contribution in [0, 0.1) is 6.07 Å². The highest BCUT2D eigenvalue weighted by Gasteiger charge is 1.91. The largest absolute Gasteiger partial charge is 0.397 e. The van der Waals surface area contributed by atoms with Gasteiger partial charge in [0.05, 0.1) is 6.92 Å². The van der Waals surface area contributed by atoms with Crippen molar-refractivity contribution in [1.29, 1.82) is 0 Å². The molecule has 0 amide bonds. The van der Waals surface area contributed by atoms with Gasteiger partial charge < -0.3 is 0 Å². The molecule has 0 spiro atoms. The van der Waals surface area contributed by atoms with Crippen LogP contribution in [-0.2, 0) is 0 Å². The Morgan fingerprint density at radius 2 is 2.33 bits per heavy atom. The molecule has 0 aromatic heterocycles. The van der Waals surface area contributed by atoms with Gasteiger partial charge in [0.15, 0.2) is 6.07 Å². The Balaban J connectivity index is 3.94. The summed E-state index contributed by atoms with van der Waals surface area (Å²) in [6, 6.07) is 2.64. The molecule has 0 bridgehead atoms. The first-order chi connectivity index (χ1) is 4.31. The van der Waals surface area contributed by atoms with Crippen molar-refractivity contribution in [1.82, 2.24) is 0 Å². The zero-order chi connectivity index (χ0) is 7.11. The van der Waals surface area contributed by atoms with E-state index in [2.05, 4.69) is 15.9 Å². The molecule has 0 aliphatic rings. The highest BCUT2D eigenvalue weighted by Crippen LogP contribution is 1.80. The van der Waals surface area contributed by atoms with E-state index in [1.54, 1.807) is 13.1 Å². The fourth-order valence-electron chi connectivity index (χ4n) is 0.373. The van der Waals surface area contributed by atoms with Gasteiger partial charge in [-0.15, -0.1) is 0 Å². The van der Waals surface area contributed by atoms with E-state index < -0.39 is 0 Å². The molecule has 2 heteroatoms. The molecular weight excluding hydrogens is 112 g/mol. The summed E-state index contributed by atoms with van der Waals surface area (Å²) < 4.78 is 0. The number of allylic oxidation sites excluding steroid dienone is 1. The highest BCUT2D eigenvalue weighted by atomic mass is 14.9. The fourth-order valence-corrected chi connectivity index (χ4v) is 0.373. The van der Waals surface area contributed by atoms with Crippen LogP contribution in [0.2, 0.25) is 0 Å². The molecule has 0 aromatic rings.